The van der Waals surface area contributed by atoms with Crippen LogP contribution in [0.5, 0.6) is 23.0 Å². The van der Waals surface area contributed by atoms with Crippen LogP contribution in [-0.2, 0) is 14.7 Å². The highest BCUT2D eigenvalue weighted by Crippen LogP contribution is 2.46. The Morgan fingerprint density at radius 1 is 0.900 bits per heavy atom. The number of carbonyl (C=O) groups is 1. The van der Waals surface area contributed by atoms with Crippen molar-refractivity contribution in [3.63, 3.8) is 0 Å². The van der Waals surface area contributed by atoms with Crippen LogP contribution in [0.4, 0.5) is 0 Å². The Kier molecular flexibility index (Phi) is 8.58. The molecular weight excluding hydrogens is 390 g/mol. The summed E-state index contributed by atoms with van der Waals surface area (Å²) in [5, 5.41) is 5.46. The predicted molar refractivity (Wildman–Crippen MR) is 114 cm³/mol. The number of nitrogens with zero attached hydrogens (tertiary/aromatic N) is 1. The van der Waals surface area contributed by atoms with Crippen LogP contribution in [-0.4, -0.2) is 40.1 Å². The second-order valence-electron chi connectivity index (χ2n) is 6.52. The zero-order chi connectivity index (χ0) is 22.1. The van der Waals surface area contributed by atoms with Gasteiger partial charge in [0.05, 0.1) is 44.9 Å². The van der Waals surface area contributed by atoms with Gasteiger partial charge in [-0.2, -0.15) is 4.99 Å². The van der Waals surface area contributed by atoms with Gasteiger partial charge in [-0.1, -0.05) is 19.8 Å². The molecule has 2 aromatic carbocycles. The summed E-state index contributed by atoms with van der Waals surface area (Å²) in [6.07, 6.45) is 3.52. The van der Waals surface area contributed by atoms with Gasteiger partial charge in [-0.25, -0.2) is 9.68 Å². The Hall–Kier alpha value is -3.16. The summed E-state index contributed by atoms with van der Waals surface area (Å²) < 4.78 is 22.6. The van der Waals surface area contributed by atoms with Crippen molar-refractivity contribution in [2.24, 2.45) is 5.16 Å². The van der Waals surface area contributed by atoms with Gasteiger partial charge in [0.2, 0.25) is 0 Å². The highest BCUT2D eigenvalue weighted by molar-refractivity contribution is 6.12. The molecule has 0 aliphatic carbocycles. The molecule has 8 nitrogen and oxygen atoms in total. The first-order valence-corrected chi connectivity index (χ1v) is 9.73. The molecule has 0 aliphatic heterocycles. The van der Waals surface area contributed by atoms with E-state index in [1.807, 2.05) is 12.1 Å². The smallest absolute Gasteiger partial charge is 0.354 e. The van der Waals surface area contributed by atoms with Crippen LogP contribution in [0.1, 0.15) is 45.1 Å². The summed E-state index contributed by atoms with van der Waals surface area (Å²) in [6.45, 7) is 3.35. The monoisotopic (exact) mass is 419 g/mol. The van der Waals surface area contributed by atoms with Crippen LogP contribution >= 0.6 is 0 Å². The third kappa shape index (κ3) is 5.06. The van der Waals surface area contributed by atoms with Crippen molar-refractivity contribution in [2.75, 3.05) is 28.4 Å². The number of benzene rings is 2. The first kappa shape index (κ1) is 23.1. The fourth-order valence-electron chi connectivity index (χ4n) is 3.25. The Balaban J connectivity index is 2.76. The number of hydrogen-bond acceptors (Lipinski definition) is 8. The van der Waals surface area contributed by atoms with Crippen LogP contribution in [0.15, 0.2) is 23.4 Å². The van der Waals surface area contributed by atoms with Crippen LogP contribution in [0.25, 0.3) is 10.8 Å². The number of methoxy groups -OCH3 is 4. The van der Waals surface area contributed by atoms with Crippen LogP contribution in [0, 0.1) is 0 Å². The SMILES string of the molecule is CCCCCC(=NOOC(C)=O)c1cc(OC)c2c(OC)ccc(OC)c2c1OC. The quantitative estimate of drug-likeness (QED) is 0.227. The maximum atomic E-state index is 11.1. The second-order valence-corrected chi connectivity index (χ2v) is 6.52. The molecule has 0 bridgehead atoms. The molecule has 8 heteroatoms. The van der Waals surface area contributed by atoms with Gasteiger partial charge in [-0.05, 0) is 36.2 Å². The molecule has 0 atom stereocenters. The molecule has 0 heterocycles. The molecule has 0 aromatic heterocycles. The van der Waals surface area contributed by atoms with Gasteiger partial charge >= 0.3 is 5.97 Å². The van der Waals surface area contributed by atoms with Crippen LogP contribution in [0.3, 0.4) is 0 Å². The molecule has 0 spiro atoms. The number of unbranched alkanes of at least 4 members (excludes halogenated alkanes) is 2. The first-order chi connectivity index (χ1) is 14.5. The predicted octanol–water partition coefficient (Wildman–Crippen LogP) is 4.65. The lowest BCUT2D eigenvalue weighted by Crippen LogP contribution is -2.08. The fourth-order valence-corrected chi connectivity index (χ4v) is 3.25. The van der Waals surface area contributed by atoms with Gasteiger partial charge in [0.15, 0.2) is 0 Å². The number of ether oxygens (including phenoxy) is 4. The summed E-state index contributed by atoms with van der Waals surface area (Å²) in [6, 6.07) is 5.42. The fraction of sp³-hybridized carbons (Fsp3) is 0.455. The van der Waals surface area contributed by atoms with Crippen molar-refractivity contribution < 1.29 is 33.6 Å². The van der Waals surface area contributed by atoms with E-state index < -0.39 is 5.97 Å². The van der Waals surface area contributed by atoms with E-state index in [0.717, 1.165) is 19.3 Å². The molecule has 0 unspecified atom stereocenters. The number of hydrogen-bond donors (Lipinski definition) is 0. The number of carbonyl (C=O) groups excluding carboxylic acids is 1. The third-order valence-electron chi connectivity index (χ3n) is 4.62. The van der Waals surface area contributed by atoms with E-state index in [2.05, 4.69) is 17.0 Å². The normalized spacial score (nSPS) is 11.2. The maximum absolute atomic E-state index is 11.1. The Morgan fingerprint density at radius 3 is 2.07 bits per heavy atom. The minimum atomic E-state index is -0.596. The zero-order valence-corrected chi connectivity index (χ0v) is 18.4. The first-order valence-electron chi connectivity index (χ1n) is 9.73. The van der Waals surface area contributed by atoms with Gasteiger partial charge in [-0.3, -0.25) is 0 Å². The molecule has 30 heavy (non-hydrogen) atoms. The molecule has 2 rings (SSSR count). The number of rotatable bonds is 11. The summed E-state index contributed by atoms with van der Waals surface area (Å²) in [7, 11) is 6.32. The minimum Gasteiger partial charge on any atom is -0.496 e. The van der Waals surface area contributed by atoms with Crippen molar-refractivity contribution in [3.8, 4) is 23.0 Å². The highest BCUT2D eigenvalue weighted by atomic mass is 17.3. The molecule has 0 N–H and O–H groups in total. The Bertz CT molecular complexity index is 908. The minimum absolute atomic E-state index is 0.531. The average Bonchev–Trinajstić information content (AvgIpc) is 2.75. The van der Waals surface area contributed by atoms with Crippen molar-refractivity contribution in [2.45, 2.75) is 39.5 Å². The maximum Gasteiger partial charge on any atom is 0.354 e. The van der Waals surface area contributed by atoms with E-state index in [1.54, 1.807) is 34.5 Å². The topological polar surface area (TPSA) is 84.8 Å². The van der Waals surface area contributed by atoms with Crippen molar-refractivity contribution in [3.05, 3.63) is 23.8 Å². The largest absolute Gasteiger partial charge is 0.496 e. The van der Waals surface area contributed by atoms with E-state index in [4.69, 9.17) is 23.9 Å². The molecule has 0 amide bonds. The van der Waals surface area contributed by atoms with Crippen LogP contribution < -0.4 is 18.9 Å². The van der Waals surface area contributed by atoms with E-state index in [0.29, 0.717) is 51.5 Å². The Labute approximate surface area is 176 Å². The molecule has 164 valence electrons. The molecule has 0 fully saturated rings. The van der Waals surface area contributed by atoms with E-state index in [-0.39, 0.29) is 0 Å². The van der Waals surface area contributed by atoms with Crippen molar-refractivity contribution in [1.82, 2.24) is 0 Å². The lowest BCUT2D eigenvalue weighted by atomic mass is 9.97. The molecular formula is C22H29NO7. The Morgan fingerprint density at radius 2 is 1.53 bits per heavy atom. The van der Waals surface area contributed by atoms with E-state index in [9.17, 15) is 4.79 Å². The van der Waals surface area contributed by atoms with Gasteiger partial charge in [0.1, 0.15) is 23.0 Å². The molecule has 0 saturated carbocycles. The molecule has 0 radical (unpaired) electrons. The summed E-state index contributed by atoms with van der Waals surface area (Å²) in [5.74, 6) is 1.71. The lowest BCUT2D eigenvalue weighted by Gasteiger charge is -2.19. The standard InChI is InChI=1S/C22H29NO7/c1-7-8-9-10-16(23-30-29-14(2)24)15-13-19(27-5)20-17(25-3)11-12-18(26-4)21(20)22(15)28-6/h11-13H,7-10H2,1-6H3. The zero-order valence-electron chi connectivity index (χ0n) is 18.4. The van der Waals surface area contributed by atoms with Gasteiger partial charge in [0.25, 0.3) is 0 Å². The summed E-state index contributed by atoms with van der Waals surface area (Å²) >= 11 is 0. The molecule has 0 aliphatic rings. The summed E-state index contributed by atoms with van der Waals surface area (Å²) in [4.78, 5) is 20.5. The van der Waals surface area contributed by atoms with Crippen molar-refractivity contribution in [1.29, 1.82) is 0 Å². The van der Waals surface area contributed by atoms with E-state index in [1.165, 1.54) is 6.92 Å². The van der Waals surface area contributed by atoms with Crippen LogP contribution in [0.2, 0.25) is 0 Å². The lowest BCUT2D eigenvalue weighted by molar-refractivity contribution is -0.271. The molecule has 2 aromatic rings. The number of oxime groups is 1. The highest BCUT2D eigenvalue weighted by Gasteiger charge is 2.23. The number of fused-ring (bicyclic) bond motifs is 1. The van der Waals surface area contributed by atoms with Gasteiger partial charge in [0, 0.05) is 12.5 Å². The van der Waals surface area contributed by atoms with E-state index >= 15 is 0 Å². The van der Waals surface area contributed by atoms with Gasteiger partial charge in [-0.15, -0.1) is 0 Å². The third-order valence-corrected chi connectivity index (χ3v) is 4.62. The summed E-state index contributed by atoms with van der Waals surface area (Å²) in [5.41, 5.74) is 1.21. The molecule has 0 saturated heterocycles. The van der Waals surface area contributed by atoms with Gasteiger partial charge < -0.3 is 18.9 Å². The second kappa shape index (κ2) is 11.1. The average molecular weight is 419 g/mol. The van der Waals surface area contributed by atoms with Crippen molar-refractivity contribution >= 4 is 22.5 Å².